The van der Waals surface area contributed by atoms with Crippen molar-refractivity contribution in [2.75, 3.05) is 11.9 Å². The van der Waals surface area contributed by atoms with Crippen LogP contribution in [-0.4, -0.2) is 12.5 Å². The maximum Gasteiger partial charge on any atom is 0.238 e. The van der Waals surface area contributed by atoms with Crippen LogP contribution in [0.4, 0.5) is 10.1 Å². The second kappa shape index (κ2) is 7.58. The molecule has 0 aliphatic carbocycles. The minimum Gasteiger partial charge on any atom is -0.322 e. The van der Waals surface area contributed by atoms with Gasteiger partial charge in [0.1, 0.15) is 5.82 Å². The summed E-state index contributed by atoms with van der Waals surface area (Å²) in [6, 6.07) is 11.3. The van der Waals surface area contributed by atoms with Crippen molar-refractivity contribution in [1.29, 1.82) is 0 Å². The predicted molar refractivity (Wildman–Crippen MR) is 87.9 cm³/mol. The predicted octanol–water partition coefficient (Wildman–Crippen LogP) is 4.42. The third-order valence-electron chi connectivity index (χ3n) is 3.14. The summed E-state index contributed by atoms with van der Waals surface area (Å²) in [5.74, 6) is -0.892. The molecule has 6 heteroatoms. The third kappa shape index (κ3) is 4.44. The standard InChI is InChI=1S/C16H15Cl2FN2O/c1-10(12-4-2-3-5-13(12)18)20-9-16(22)21-15-8-11(17)6-7-14(15)19/h2-8,10,20H,9H2,1H3,(H,21,22). The molecule has 0 aliphatic heterocycles. The van der Waals surface area contributed by atoms with Gasteiger partial charge in [-0.1, -0.05) is 41.4 Å². The number of rotatable bonds is 5. The van der Waals surface area contributed by atoms with Crippen LogP contribution < -0.4 is 10.6 Å². The fraction of sp³-hybridized carbons (Fsp3) is 0.188. The Balaban J connectivity index is 1.93. The number of hydrogen-bond donors (Lipinski definition) is 2. The quantitative estimate of drug-likeness (QED) is 0.845. The molecule has 0 spiro atoms. The highest BCUT2D eigenvalue weighted by Gasteiger charge is 2.12. The van der Waals surface area contributed by atoms with Crippen molar-refractivity contribution in [3.63, 3.8) is 0 Å². The molecule has 1 atom stereocenters. The molecule has 2 rings (SSSR count). The molecule has 116 valence electrons. The van der Waals surface area contributed by atoms with Gasteiger partial charge in [-0.05, 0) is 36.8 Å². The Morgan fingerprint density at radius 3 is 2.68 bits per heavy atom. The van der Waals surface area contributed by atoms with Crippen molar-refractivity contribution < 1.29 is 9.18 Å². The van der Waals surface area contributed by atoms with Gasteiger partial charge in [0, 0.05) is 16.1 Å². The zero-order valence-corrected chi connectivity index (χ0v) is 13.4. The number of anilines is 1. The van der Waals surface area contributed by atoms with Gasteiger partial charge >= 0.3 is 0 Å². The van der Waals surface area contributed by atoms with Crippen molar-refractivity contribution in [3.05, 3.63) is 63.9 Å². The summed E-state index contributed by atoms with van der Waals surface area (Å²) in [4.78, 5) is 11.9. The number of halogens is 3. The van der Waals surface area contributed by atoms with E-state index in [1.54, 1.807) is 6.07 Å². The summed E-state index contributed by atoms with van der Waals surface area (Å²) in [7, 11) is 0. The van der Waals surface area contributed by atoms with Gasteiger partial charge in [-0.15, -0.1) is 0 Å². The Morgan fingerprint density at radius 2 is 1.95 bits per heavy atom. The van der Waals surface area contributed by atoms with Crippen LogP contribution in [0.15, 0.2) is 42.5 Å². The lowest BCUT2D eigenvalue weighted by molar-refractivity contribution is -0.115. The second-order valence-corrected chi connectivity index (χ2v) is 5.64. The Bertz CT molecular complexity index is 679. The maximum absolute atomic E-state index is 13.5. The lowest BCUT2D eigenvalue weighted by Gasteiger charge is -2.15. The van der Waals surface area contributed by atoms with E-state index in [-0.39, 0.29) is 24.2 Å². The molecule has 0 fully saturated rings. The van der Waals surface area contributed by atoms with Crippen molar-refractivity contribution >= 4 is 34.8 Å². The van der Waals surface area contributed by atoms with Gasteiger partial charge in [0.25, 0.3) is 0 Å². The maximum atomic E-state index is 13.5. The molecular weight excluding hydrogens is 326 g/mol. The van der Waals surface area contributed by atoms with Gasteiger partial charge in [0.05, 0.1) is 12.2 Å². The number of hydrogen-bond acceptors (Lipinski definition) is 2. The number of amides is 1. The average Bonchev–Trinajstić information content (AvgIpc) is 2.49. The van der Waals surface area contributed by atoms with Crippen LogP contribution in [0.25, 0.3) is 0 Å². The summed E-state index contributed by atoms with van der Waals surface area (Å²) >= 11 is 11.9. The topological polar surface area (TPSA) is 41.1 Å². The van der Waals surface area contributed by atoms with Gasteiger partial charge < -0.3 is 10.6 Å². The molecule has 22 heavy (non-hydrogen) atoms. The molecule has 3 nitrogen and oxygen atoms in total. The minimum atomic E-state index is -0.531. The van der Waals surface area contributed by atoms with Crippen molar-refractivity contribution in [3.8, 4) is 0 Å². The molecule has 2 N–H and O–H groups in total. The first-order valence-electron chi connectivity index (χ1n) is 6.70. The van der Waals surface area contributed by atoms with E-state index in [1.807, 2.05) is 25.1 Å². The largest absolute Gasteiger partial charge is 0.322 e. The van der Waals surface area contributed by atoms with Crippen LogP contribution in [0, 0.1) is 5.82 Å². The molecule has 0 saturated heterocycles. The van der Waals surface area contributed by atoms with E-state index in [9.17, 15) is 9.18 Å². The van der Waals surface area contributed by atoms with Crippen molar-refractivity contribution in [1.82, 2.24) is 5.32 Å². The van der Waals surface area contributed by atoms with E-state index in [4.69, 9.17) is 23.2 Å². The smallest absolute Gasteiger partial charge is 0.238 e. The Kier molecular flexibility index (Phi) is 5.77. The molecule has 2 aromatic rings. The average molecular weight is 341 g/mol. The molecule has 0 saturated carbocycles. The minimum absolute atomic E-state index is 0.0261. The van der Waals surface area contributed by atoms with Crippen LogP contribution in [0.3, 0.4) is 0 Å². The van der Waals surface area contributed by atoms with Crippen LogP contribution in [0.5, 0.6) is 0 Å². The van der Waals surface area contributed by atoms with Gasteiger partial charge in [-0.3, -0.25) is 4.79 Å². The molecule has 0 aromatic heterocycles. The highest BCUT2D eigenvalue weighted by atomic mass is 35.5. The summed E-state index contributed by atoms with van der Waals surface area (Å²) in [5, 5.41) is 6.50. The monoisotopic (exact) mass is 340 g/mol. The number of carbonyl (C=O) groups excluding carboxylic acids is 1. The lowest BCUT2D eigenvalue weighted by Crippen LogP contribution is -2.30. The molecule has 0 aliphatic rings. The fourth-order valence-corrected chi connectivity index (χ4v) is 2.44. The highest BCUT2D eigenvalue weighted by molar-refractivity contribution is 6.31. The Hall–Kier alpha value is -1.62. The summed E-state index contributed by atoms with van der Waals surface area (Å²) in [6.45, 7) is 1.92. The van der Waals surface area contributed by atoms with E-state index in [2.05, 4.69) is 10.6 Å². The van der Waals surface area contributed by atoms with E-state index in [0.29, 0.717) is 10.0 Å². The van der Waals surface area contributed by atoms with Gasteiger partial charge in [-0.25, -0.2) is 4.39 Å². The summed E-state index contributed by atoms with van der Waals surface area (Å²) < 4.78 is 13.5. The first-order chi connectivity index (χ1) is 10.5. The van der Waals surface area contributed by atoms with Crippen molar-refractivity contribution in [2.24, 2.45) is 0 Å². The normalized spacial score (nSPS) is 12.0. The van der Waals surface area contributed by atoms with Crippen LogP contribution >= 0.6 is 23.2 Å². The van der Waals surface area contributed by atoms with Gasteiger partial charge in [0.2, 0.25) is 5.91 Å². The fourth-order valence-electron chi connectivity index (χ4n) is 1.97. The molecular formula is C16H15Cl2FN2O. The number of carbonyl (C=O) groups is 1. The van der Waals surface area contributed by atoms with Crippen LogP contribution in [0.2, 0.25) is 10.0 Å². The van der Waals surface area contributed by atoms with Crippen LogP contribution in [0.1, 0.15) is 18.5 Å². The van der Waals surface area contributed by atoms with E-state index in [1.165, 1.54) is 18.2 Å². The summed E-state index contributed by atoms with van der Waals surface area (Å²) in [5.41, 5.74) is 0.954. The summed E-state index contributed by atoms with van der Waals surface area (Å²) in [6.07, 6.45) is 0. The molecule has 0 heterocycles. The highest BCUT2D eigenvalue weighted by Crippen LogP contribution is 2.22. The molecule has 1 amide bonds. The van der Waals surface area contributed by atoms with Crippen LogP contribution in [-0.2, 0) is 4.79 Å². The molecule has 0 bridgehead atoms. The second-order valence-electron chi connectivity index (χ2n) is 4.80. The zero-order valence-electron chi connectivity index (χ0n) is 11.9. The Labute approximate surface area is 138 Å². The van der Waals surface area contributed by atoms with E-state index < -0.39 is 5.82 Å². The zero-order chi connectivity index (χ0) is 16.1. The first-order valence-corrected chi connectivity index (χ1v) is 7.45. The number of nitrogens with one attached hydrogen (secondary N) is 2. The first kappa shape index (κ1) is 16.7. The van der Waals surface area contributed by atoms with E-state index in [0.717, 1.165) is 5.56 Å². The number of benzene rings is 2. The third-order valence-corrected chi connectivity index (χ3v) is 3.72. The van der Waals surface area contributed by atoms with Gasteiger partial charge in [0.15, 0.2) is 0 Å². The van der Waals surface area contributed by atoms with E-state index >= 15 is 0 Å². The van der Waals surface area contributed by atoms with Crippen molar-refractivity contribution in [2.45, 2.75) is 13.0 Å². The molecule has 2 aromatic carbocycles. The lowest BCUT2D eigenvalue weighted by atomic mass is 10.1. The SMILES string of the molecule is CC(NCC(=O)Nc1cc(Cl)ccc1F)c1ccccc1Cl. The van der Waals surface area contributed by atoms with Gasteiger partial charge in [-0.2, -0.15) is 0 Å². The molecule has 0 radical (unpaired) electrons. The Morgan fingerprint density at radius 1 is 1.23 bits per heavy atom. The molecule has 1 unspecified atom stereocenters.